The zero-order valence-corrected chi connectivity index (χ0v) is 13.2. The summed E-state index contributed by atoms with van der Waals surface area (Å²) in [4.78, 5) is 18.5. The molecule has 1 aromatic heterocycles. The Morgan fingerprint density at radius 2 is 2.25 bits per heavy atom. The molecule has 0 radical (unpaired) electrons. The maximum absolute atomic E-state index is 12.3. The quantitative estimate of drug-likeness (QED) is 0.926. The molecular formula is C15H23N3OS. The van der Waals surface area contributed by atoms with Crippen LogP contribution in [0.3, 0.4) is 0 Å². The number of anilines is 1. The predicted octanol–water partition coefficient (Wildman–Crippen LogP) is 2.55. The Kier molecular flexibility index (Phi) is 5.29. The first-order valence-corrected chi connectivity index (χ1v) is 8.36. The Hall–Kier alpha value is -1.23. The molecule has 0 aromatic carbocycles. The molecule has 1 saturated carbocycles. The van der Waals surface area contributed by atoms with Crippen LogP contribution in [0.2, 0.25) is 0 Å². The van der Waals surface area contributed by atoms with Gasteiger partial charge in [0.15, 0.2) is 0 Å². The van der Waals surface area contributed by atoms with Crippen LogP contribution in [0.4, 0.5) is 5.82 Å². The van der Waals surface area contributed by atoms with Crippen molar-refractivity contribution in [2.75, 3.05) is 25.3 Å². The Bertz CT molecular complexity index is 464. The number of nitrogens with one attached hydrogen (secondary N) is 1. The highest BCUT2D eigenvalue weighted by molar-refractivity contribution is 7.99. The van der Waals surface area contributed by atoms with Gasteiger partial charge in [0.25, 0.3) is 5.91 Å². The number of hydrogen-bond acceptors (Lipinski definition) is 4. The normalized spacial score (nSPS) is 22.4. The highest BCUT2D eigenvalue weighted by Crippen LogP contribution is 2.27. The van der Waals surface area contributed by atoms with Crippen molar-refractivity contribution in [3.8, 4) is 0 Å². The molecule has 0 unspecified atom stereocenters. The van der Waals surface area contributed by atoms with Gasteiger partial charge in [-0.2, -0.15) is 11.8 Å². The van der Waals surface area contributed by atoms with Crippen LogP contribution in [-0.2, 0) is 0 Å². The van der Waals surface area contributed by atoms with Crippen LogP contribution in [0.25, 0.3) is 0 Å². The van der Waals surface area contributed by atoms with Gasteiger partial charge in [0.1, 0.15) is 5.82 Å². The van der Waals surface area contributed by atoms with Crippen molar-refractivity contribution >= 4 is 23.5 Å². The number of aromatic nitrogens is 1. The van der Waals surface area contributed by atoms with Crippen LogP contribution in [0.1, 0.15) is 36.0 Å². The maximum atomic E-state index is 12.3. The summed E-state index contributed by atoms with van der Waals surface area (Å²) in [5.74, 6) is 0.825. The van der Waals surface area contributed by atoms with Crippen molar-refractivity contribution in [3.63, 3.8) is 0 Å². The van der Waals surface area contributed by atoms with Crippen molar-refractivity contribution in [1.29, 1.82) is 0 Å². The first-order valence-electron chi connectivity index (χ1n) is 7.07. The SMILES string of the molecule is CS[C@@H]1CCC[C@H](NC(=O)c2ccnc(N(C)C)c2)C1. The van der Waals surface area contributed by atoms with Crippen molar-refractivity contribution in [2.24, 2.45) is 0 Å². The van der Waals surface area contributed by atoms with Gasteiger partial charge >= 0.3 is 0 Å². The van der Waals surface area contributed by atoms with Gasteiger partial charge in [-0.3, -0.25) is 4.79 Å². The molecule has 1 heterocycles. The predicted molar refractivity (Wildman–Crippen MR) is 85.6 cm³/mol. The average Bonchev–Trinajstić information content (AvgIpc) is 2.47. The van der Waals surface area contributed by atoms with E-state index in [1.54, 1.807) is 12.3 Å². The summed E-state index contributed by atoms with van der Waals surface area (Å²) in [5.41, 5.74) is 0.690. The number of pyridine rings is 1. The molecule has 0 spiro atoms. The standard InChI is InChI=1S/C15H23N3OS/c1-18(2)14-9-11(7-8-16-14)15(19)17-12-5-4-6-13(10-12)20-3/h7-9,12-13H,4-6,10H2,1-3H3,(H,17,19)/t12-,13+/m0/s1. The molecule has 1 amide bonds. The minimum atomic E-state index is 0.0160. The third-order valence-corrected chi connectivity index (χ3v) is 4.86. The Balaban J connectivity index is 1.99. The molecule has 1 aliphatic carbocycles. The molecule has 1 aliphatic rings. The van der Waals surface area contributed by atoms with Crippen LogP contribution in [0, 0.1) is 0 Å². The van der Waals surface area contributed by atoms with E-state index >= 15 is 0 Å². The maximum Gasteiger partial charge on any atom is 0.251 e. The van der Waals surface area contributed by atoms with Gasteiger partial charge in [0.05, 0.1) is 0 Å². The van der Waals surface area contributed by atoms with Crippen LogP contribution in [0.5, 0.6) is 0 Å². The summed E-state index contributed by atoms with van der Waals surface area (Å²) in [6.07, 6.45) is 8.49. The third kappa shape index (κ3) is 3.88. The first kappa shape index (κ1) is 15.2. The topological polar surface area (TPSA) is 45.2 Å². The van der Waals surface area contributed by atoms with Gasteiger partial charge < -0.3 is 10.2 Å². The second kappa shape index (κ2) is 6.97. The fourth-order valence-corrected chi connectivity index (χ4v) is 3.39. The van der Waals surface area contributed by atoms with Crippen molar-refractivity contribution in [3.05, 3.63) is 23.9 Å². The number of amides is 1. The molecule has 4 nitrogen and oxygen atoms in total. The smallest absolute Gasteiger partial charge is 0.251 e. The molecular weight excluding hydrogens is 270 g/mol. The second-order valence-corrected chi connectivity index (χ2v) is 6.63. The zero-order chi connectivity index (χ0) is 14.5. The second-order valence-electron chi connectivity index (χ2n) is 5.49. The van der Waals surface area contributed by atoms with Crippen molar-refractivity contribution < 1.29 is 4.79 Å². The van der Waals surface area contributed by atoms with E-state index in [4.69, 9.17) is 0 Å². The summed E-state index contributed by atoms with van der Waals surface area (Å²) < 4.78 is 0. The lowest BCUT2D eigenvalue weighted by Gasteiger charge is -2.28. The van der Waals surface area contributed by atoms with Gasteiger partial charge in [-0.15, -0.1) is 0 Å². The minimum Gasteiger partial charge on any atom is -0.363 e. The minimum absolute atomic E-state index is 0.0160. The third-order valence-electron chi connectivity index (χ3n) is 3.76. The molecule has 1 fully saturated rings. The molecule has 0 saturated heterocycles. The lowest BCUT2D eigenvalue weighted by molar-refractivity contribution is 0.0928. The lowest BCUT2D eigenvalue weighted by atomic mass is 9.94. The van der Waals surface area contributed by atoms with Crippen molar-refractivity contribution in [1.82, 2.24) is 10.3 Å². The fraction of sp³-hybridized carbons (Fsp3) is 0.600. The summed E-state index contributed by atoms with van der Waals surface area (Å²) in [7, 11) is 3.85. The summed E-state index contributed by atoms with van der Waals surface area (Å²) in [6, 6.07) is 3.92. The van der Waals surface area contributed by atoms with Crippen LogP contribution >= 0.6 is 11.8 Å². The lowest BCUT2D eigenvalue weighted by Crippen LogP contribution is -2.39. The van der Waals surface area contributed by atoms with E-state index in [-0.39, 0.29) is 5.91 Å². The fourth-order valence-electron chi connectivity index (χ4n) is 2.56. The number of rotatable bonds is 4. The summed E-state index contributed by atoms with van der Waals surface area (Å²) >= 11 is 1.91. The molecule has 0 bridgehead atoms. The van der Waals surface area contributed by atoms with E-state index in [1.165, 1.54) is 12.8 Å². The molecule has 2 rings (SSSR count). The van der Waals surface area contributed by atoms with E-state index in [0.29, 0.717) is 16.9 Å². The molecule has 20 heavy (non-hydrogen) atoms. The van der Waals surface area contributed by atoms with Crippen molar-refractivity contribution in [2.45, 2.75) is 37.0 Å². The highest BCUT2D eigenvalue weighted by Gasteiger charge is 2.23. The van der Waals surface area contributed by atoms with E-state index in [2.05, 4.69) is 16.6 Å². The summed E-state index contributed by atoms with van der Waals surface area (Å²) in [5, 5.41) is 3.85. The van der Waals surface area contributed by atoms with Gasteiger partial charge in [-0.25, -0.2) is 4.98 Å². The Morgan fingerprint density at radius 3 is 2.95 bits per heavy atom. The average molecular weight is 293 g/mol. The van der Waals surface area contributed by atoms with E-state index in [1.807, 2.05) is 36.8 Å². The first-order chi connectivity index (χ1) is 9.60. The molecule has 0 aliphatic heterocycles. The number of carbonyl (C=O) groups is 1. The Morgan fingerprint density at radius 1 is 1.45 bits per heavy atom. The largest absolute Gasteiger partial charge is 0.363 e. The molecule has 1 aromatic rings. The molecule has 5 heteroatoms. The van der Waals surface area contributed by atoms with Crippen LogP contribution in [-0.4, -0.2) is 42.5 Å². The number of nitrogens with zero attached hydrogens (tertiary/aromatic N) is 2. The number of hydrogen-bond donors (Lipinski definition) is 1. The number of carbonyl (C=O) groups excluding carboxylic acids is 1. The molecule has 1 N–H and O–H groups in total. The van der Waals surface area contributed by atoms with Gasteiger partial charge in [-0.05, 0) is 37.7 Å². The van der Waals surface area contributed by atoms with E-state index in [9.17, 15) is 4.79 Å². The van der Waals surface area contributed by atoms with Gasteiger partial charge in [0.2, 0.25) is 0 Å². The monoisotopic (exact) mass is 293 g/mol. The van der Waals surface area contributed by atoms with E-state index in [0.717, 1.165) is 18.7 Å². The molecule has 110 valence electrons. The Labute approximate surface area is 125 Å². The summed E-state index contributed by atoms with van der Waals surface area (Å²) in [6.45, 7) is 0. The van der Waals surface area contributed by atoms with Gasteiger partial charge in [-0.1, -0.05) is 6.42 Å². The van der Waals surface area contributed by atoms with Crippen LogP contribution < -0.4 is 10.2 Å². The van der Waals surface area contributed by atoms with Crippen LogP contribution in [0.15, 0.2) is 18.3 Å². The highest BCUT2D eigenvalue weighted by atomic mass is 32.2. The molecule has 2 atom stereocenters. The zero-order valence-electron chi connectivity index (χ0n) is 12.4. The van der Waals surface area contributed by atoms with Gasteiger partial charge in [0, 0.05) is 37.1 Å². The van der Waals surface area contributed by atoms with E-state index < -0.39 is 0 Å². The number of thioether (sulfide) groups is 1.